The Morgan fingerprint density at radius 3 is 2.96 bits per heavy atom. The summed E-state index contributed by atoms with van der Waals surface area (Å²) in [5.74, 6) is 1.46. The summed E-state index contributed by atoms with van der Waals surface area (Å²) in [6, 6.07) is 8.43. The van der Waals surface area contributed by atoms with E-state index in [1.54, 1.807) is 7.11 Å². The van der Waals surface area contributed by atoms with E-state index in [1.807, 2.05) is 36.2 Å². The molecular weight excluding hydrogens is 326 g/mol. The lowest BCUT2D eigenvalue weighted by Crippen LogP contribution is -2.51. The zero-order chi connectivity index (χ0) is 18.1. The maximum atomic E-state index is 13.0. The predicted molar refractivity (Wildman–Crippen MR) is 104 cm³/mol. The van der Waals surface area contributed by atoms with Gasteiger partial charge in [-0.2, -0.15) is 0 Å². The van der Waals surface area contributed by atoms with Crippen LogP contribution in [0.5, 0.6) is 5.75 Å². The standard InChI is InChI=1S/C21H29N3O2/c1-23(14-15-7-6-12-24-11-4-3-9-19(15)24)21(25)18-13-16-17(22-18)8-5-10-20(16)26-2/h5,8,10,13,15,19,22H,3-4,6-7,9,11-12,14H2,1-2H3/t15-,19+/m0/s1. The summed E-state index contributed by atoms with van der Waals surface area (Å²) in [5, 5.41) is 0.961. The Morgan fingerprint density at radius 2 is 2.12 bits per heavy atom. The van der Waals surface area contributed by atoms with E-state index < -0.39 is 0 Å². The van der Waals surface area contributed by atoms with Gasteiger partial charge in [0.25, 0.3) is 5.91 Å². The van der Waals surface area contributed by atoms with Crippen LogP contribution in [0, 0.1) is 5.92 Å². The minimum atomic E-state index is 0.0659. The van der Waals surface area contributed by atoms with Crippen molar-refractivity contribution in [1.82, 2.24) is 14.8 Å². The quantitative estimate of drug-likeness (QED) is 0.913. The molecule has 0 unspecified atom stereocenters. The Hall–Kier alpha value is -2.01. The largest absolute Gasteiger partial charge is 0.496 e. The van der Waals surface area contributed by atoms with E-state index >= 15 is 0 Å². The van der Waals surface area contributed by atoms with Gasteiger partial charge in [0.1, 0.15) is 11.4 Å². The number of carbonyl (C=O) groups is 1. The second-order valence-corrected chi connectivity index (χ2v) is 7.79. The van der Waals surface area contributed by atoms with Crippen LogP contribution in [0.1, 0.15) is 42.6 Å². The summed E-state index contributed by atoms with van der Waals surface area (Å²) in [5.41, 5.74) is 1.58. The maximum Gasteiger partial charge on any atom is 0.270 e. The summed E-state index contributed by atoms with van der Waals surface area (Å²) < 4.78 is 5.41. The normalized spacial score (nSPS) is 23.6. The van der Waals surface area contributed by atoms with Crippen molar-refractivity contribution in [3.8, 4) is 5.75 Å². The number of ether oxygens (including phenoxy) is 1. The third-order valence-electron chi connectivity index (χ3n) is 6.16. The van der Waals surface area contributed by atoms with Crippen molar-refractivity contribution in [1.29, 1.82) is 0 Å². The smallest absolute Gasteiger partial charge is 0.270 e. The molecule has 2 atom stereocenters. The third-order valence-corrected chi connectivity index (χ3v) is 6.16. The molecule has 5 heteroatoms. The molecule has 1 N–H and O–H groups in total. The number of rotatable bonds is 4. The van der Waals surface area contributed by atoms with Gasteiger partial charge in [0.2, 0.25) is 0 Å². The lowest BCUT2D eigenvalue weighted by atomic mass is 9.83. The van der Waals surface area contributed by atoms with Gasteiger partial charge in [-0.25, -0.2) is 0 Å². The number of hydrogen-bond donors (Lipinski definition) is 1. The number of benzene rings is 1. The Labute approximate surface area is 155 Å². The van der Waals surface area contributed by atoms with Gasteiger partial charge in [0.05, 0.1) is 7.11 Å². The lowest BCUT2D eigenvalue weighted by molar-refractivity contribution is 0.0401. The highest BCUT2D eigenvalue weighted by molar-refractivity contribution is 5.99. The molecule has 1 amide bonds. The predicted octanol–water partition coefficient (Wildman–Crippen LogP) is 3.51. The molecule has 3 heterocycles. The van der Waals surface area contributed by atoms with Gasteiger partial charge in [-0.1, -0.05) is 12.5 Å². The lowest BCUT2D eigenvalue weighted by Gasteiger charge is -2.45. The van der Waals surface area contributed by atoms with Crippen LogP contribution in [0.4, 0.5) is 0 Å². The highest BCUT2D eigenvalue weighted by atomic mass is 16.5. The number of amides is 1. The minimum absolute atomic E-state index is 0.0659. The van der Waals surface area contributed by atoms with Gasteiger partial charge < -0.3 is 19.5 Å². The Morgan fingerprint density at radius 1 is 1.27 bits per heavy atom. The summed E-state index contributed by atoms with van der Waals surface area (Å²) >= 11 is 0. The van der Waals surface area contributed by atoms with E-state index in [0.717, 1.165) is 23.2 Å². The molecule has 1 aromatic heterocycles. The van der Waals surface area contributed by atoms with Crippen LogP contribution >= 0.6 is 0 Å². The fraction of sp³-hybridized carbons (Fsp3) is 0.571. The molecule has 2 fully saturated rings. The number of nitrogens with zero attached hydrogens (tertiary/aromatic N) is 2. The van der Waals surface area contributed by atoms with Crippen LogP contribution in [-0.2, 0) is 0 Å². The summed E-state index contributed by atoms with van der Waals surface area (Å²) in [6.07, 6.45) is 6.44. The van der Waals surface area contributed by atoms with Crippen LogP contribution in [-0.4, -0.2) is 60.5 Å². The number of fused-ring (bicyclic) bond motifs is 2. The van der Waals surface area contributed by atoms with Gasteiger partial charge in [-0.3, -0.25) is 4.79 Å². The van der Waals surface area contributed by atoms with Crippen molar-refractivity contribution in [3.63, 3.8) is 0 Å². The number of H-pyrrole nitrogens is 1. The summed E-state index contributed by atoms with van der Waals surface area (Å²) in [7, 11) is 3.60. The van der Waals surface area contributed by atoms with Crippen LogP contribution in [0.3, 0.4) is 0 Å². The number of methoxy groups -OCH3 is 1. The maximum absolute atomic E-state index is 13.0. The van der Waals surface area contributed by atoms with Crippen LogP contribution < -0.4 is 4.74 Å². The van der Waals surface area contributed by atoms with Crippen LogP contribution in [0.15, 0.2) is 24.3 Å². The summed E-state index contributed by atoms with van der Waals surface area (Å²) in [6.45, 7) is 3.31. The first-order valence-corrected chi connectivity index (χ1v) is 9.82. The van der Waals surface area contributed by atoms with Crippen LogP contribution in [0.25, 0.3) is 10.9 Å². The first kappa shape index (κ1) is 17.4. The first-order valence-electron chi connectivity index (χ1n) is 9.82. The topological polar surface area (TPSA) is 48.6 Å². The van der Waals surface area contributed by atoms with Crippen molar-refractivity contribution in [3.05, 3.63) is 30.0 Å². The second kappa shape index (κ2) is 7.31. The molecule has 0 bridgehead atoms. The molecule has 0 spiro atoms. The van der Waals surface area contributed by atoms with E-state index in [9.17, 15) is 4.79 Å². The summed E-state index contributed by atoms with van der Waals surface area (Å²) in [4.78, 5) is 20.8. The van der Waals surface area contributed by atoms with Gasteiger partial charge in [-0.15, -0.1) is 0 Å². The number of aromatic amines is 1. The Kier molecular flexibility index (Phi) is 4.90. The Balaban J connectivity index is 1.49. The molecule has 140 valence electrons. The number of aromatic nitrogens is 1. The zero-order valence-electron chi connectivity index (χ0n) is 15.8. The molecule has 1 aromatic carbocycles. The van der Waals surface area contributed by atoms with Gasteiger partial charge in [0.15, 0.2) is 0 Å². The number of piperidine rings is 2. The number of carbonyl (C=O) groups excluding carboxylic acids is 1. The van der Waals surface area contributed by atoms with Gasteiger partial charge in [-0.05, 0) is 62.9 Å². The van der Waals surface area contributed by atoms with E-state index in [4.69, 9.17) is 4.74 Å². The fourth-order valence-electron chi connectivity index (χ4n) is 4.85. The van der Waals surface area contributed by atoms with Crippen molar-refractivity contribution in [2.45, 2.75) is 38.1 Å². The zero-order valence-corrected chi connectivity index (χ0v) is 15.8. The van der Waals surface area contributed by atoms with Crippen molar-refractivity contribution < 1.29 is 9.53 Å². The van der Waals surface area contributed by atoms with Crippen molar-refractivity contribution >= 4 is 16.8 Å². The van der Waals surface area contributed by atoms with Crippen LogP contribution in [0.2, 0.25) is 0 Å². The van der Waals surface area contributed by atoms with E-state index in [-0.39, 0.29) is 5.91 Å². The van der Waals surface area contributed by atoms with Gasteiger partial charge >= 0.3 is 0 Å². The number of nitrogens with one attached hydrogen (secondary N) is 1. The second-order valence-electron chi connectivity index (χ2n) is 7.79. The first-order chi connectivity index (χ1) is 12.7. The average molecular weight is 355 g/mol. The SMILES string of the molecule is COc1cccc2[nH]c(C(=O)N(C)C[C@@H]3CCCN4CCCC[C@H]34)cc12. The molecule has 0 aliphatic carbocycles. The fourth-order valence-corrected chi connectivity index (χ4v) is 4.85. The molecule has 4 rings (SSSR count). The molecule has 2 aliphatic heterocycles. The van der Waals surface area contributed by atoms with Crippen molar-refractivity contribution in [2.75, 3.05) is 33.8 Å². The third kappa shape index (κ3) is 3.20. The van der Waals surface area contributed by atoms with Gasteiger partial charge in [0, 0.05) is 30.5 Å². The van der Waals surface area contributed by atoms with E-state index in [0.29, 0.717) is 17.7 Å². The number of hydrogen-bond acceptors (Lipinski definition) is 3. The molecule has 5 nitrogen and oxygen atoms in total. The molecular formula is C21H29N3O2. The molecule has 2 aliphatic rings. The molecule has 2 saturated heterocycles. The van der Waals surface area contributed by atoms with Crippen molar-refractivity contribution in [2.24, 2.45) is 5.92 Å². The van der Waals surface area contributed by atoms with E-state index in [1.165, 1.54) is 45.2 Å². The highest BCUT2D eigenvalue weighted by Gasteiger charge is 2.34. The molecule has 26 heavy (non-hydrogen) atoms. The molecule has 0 saturated carbocycles. The van der Waals surface area contributed by atoms with E-state index in [2.05, 4.69) is 9.88 Å². The highest BCUT2D eigenvalue weighted by Crippen LogP contribution is 2.32. The minimum Gasteiger partial charge on any atom is -0.496 e. The monoisotopic (exact) mass is 355 g/mol. The Bertz CT molecular complexity index is 783. The molecule has 2 aromatic rings. The average Bonchev–Trinajstić information content (AvgIpc) is 3.12. The molecule has 0 radical (unpaired) electrons.